The molecular weight excluding hydrogens is 600 g/mol. The molecule has 1 heterocycles. The lowest BCUT2D eigenvalue weighted by Crippen LogP contribution is -2.40. The summed E-state index contributed by atoms with van der Waals surface area (Å²) in [7, 11) is 1.60. The molecule has 2 amide bonds. The summed E-state index contributed by atoms with van der Waals surface area (Å²) in [6, 6.07) is 13.5. The van der Waals surface area contributed by atoms with Crippen LogP contribution in [0.25, 0.3) is 22.3 Å². The minimum atomic E-state index is -4.64. The van der Waals surface area contributed by atoms with E-state index in [1.165, 1.54) is 36.4 Å². The number of nitrogens with one attached hydrogen (secondary N) is 3. The zero-order valence-corrected chi connectivity index (χ0v) is 23.0. The number of hydrogen-bond donors (Lipinski definition) is 3. The van der Waals surface area contributed by atoms with Crippen LogP contribution < -0.4 is 16.0 Å². The van der Waals surface area contributed by atoms with Gasteiger partial charge < -0.3 is 16.0 Å². The molecule has 14 heteroatoms. The van der Waals surface area contributed by atoms with E-state index in [1.54, 1.807) is 19.2 Å². The second-order valence-corrected chi connectivity index (χ2v) is 10.4. The van der Waals surface area contributed by atoms with Crippen molar-refractivity contribution in [3.63, 3.8) is 0 Å². The fourth-order valence-electron chi connectivity index (χ4n) is 4.53. The van der Waals surface area contributed by atoms with Crippen molar-refractivity contribution in [1.29, 1.82) is 0 Å². The minimum Gasteiger partial charge on any atom is -0.373 e. The van der Waals surface area contributed by atoms with E-state index in [0.29, 0.717) is 22.3 Å². The molecule has 1 aromatic heterocycles. The summed E-state index contributed by atoms with van der Waals surface area (Å²) in [6.45, 7) is -0.244. The number of anilines is 2. The summed E-state index contributed by atoms with van der Waals surface area (Å²) >= 11 is 6.22. The van der Waals surface area contributed by atoms with Crippen molar-refractivity contribution >= 4 is 45.8 Å². The quantitative estimate of drug-likeness (QED) is 0.189. The Balaban J connectivity index is 1.37. The van der Waals surface area contributed by atoms with E-state index < -0.39 is 35.1 Å². The zero-order valence-electron chi connectivity index (χ0n) is 22.3. The van der Waals surface area contributed by atoms with Crippen molar-refractivity contribution < 1.29 is 35.9 Å². The van der Waals surface area contributed by atoms with Crippen LogP contribution in [0.5, 0.6) is 0 Å². The first-order valence-electron chi connectivity index (χ1n) is 12.8. The van der Waals surface area contributed by atoms with Crippen LogP contribution in [0, 0.1) is 5.41 Å². The van der Waals surface area contributed by atoms with Crippen molar-refractivity contribution in [2.75, 3.05) is 17.7 Å². The molecule has 5 rings (SSSR count). The average molecular weight is 622 g/mol. The molecule has 0 aliphatic heterocycles. The molecular formula is C29H22ClF6N5O2. The van der Waals surface area contributed by atoms with Gasteiger partial charge in [-0.25, -0.2) is 9.97 Å². The fraction of sp³-hybridized carbons (Fsp3) is 0.241. The Morgan fingerprint density at radius 2 is 1.70 bits per heavy atom. The third-order valence-electron chi connectivity index (χ3n) is 7.10. The first-order chi connectivity index (χ1) is 20.2. The molecule has 43 heavy (non-hydrogen) atoms. The Morgan fingerprint density at radius 3 is 2.35 bits per heavy atom. The summed E-state index contributed by atoms with van der Waals surface area (Å²) < 4.78 is 79.5. The van der Waals surface area contributed by atoms with E-state index in [-0.39, 0.29) is 47.0 Å². The smallest absolute Gasteiger partial charge is 0.373 e. The maximum absolute atomic E-state index is 13.3. The van der Waals surface area contributed by atoms with Crippen LogP contribution >= 0.6 is 11.6 Å². The van der Waals surface area contributed by atoms with Crippen LogP contribution in [-0.2, 0) is 17.5 Å². The van der Waals surface area contributed by atoms with Gasteiger partial charge in [0, 0.05) is 30.2 Å². The Morgan fingerprint density at radius 1 is 0.953 bits per heavy atom. The molecule has 1 fully saturated rings. The number of carbonyl (C=O) groups excluding carboxylic acids is 2. The van der Waals surface area contributed by atoms with E-state index in [0.717, 1.165) is 12.1 Å². The fourth-order valence-corrected chi connectivity index (χ4v) is 4.74. The van der Waals surface area contributed by atoms with E-state index in [2.05, 4.69) is 25.9 Å². The van der Waals surface area contributed by atoms with Gasteiger partial charge in [-0.05, 0) is 60.9 Å². The van der Waals surface area contributed by atoms with Crippen LogP contribution in [0.15, 0.2) is 60.7 Å². The highest BCUT2D eigenvalue weighted by Gasteiger charge is 2.68. The highest BCUT2D eigenvalue weighted by molar-refractivity contribution is 6.34. The van der Waals surface area contributed by atoms with Gasteiger partial charge in [0.25, 0.3) is 5.91 Å². The van der Waals surface area contributed by atoms with Gasteiger partial charge in [0.05, 0.1) is 21.7 Å². The van der Waals surface area contributed by atoms with Crippen LogP contribution in [0.2, 0.25) is 5.02 Å². The summed E-state index contributed by atoms with van der Waals surface area (Å²) in [6.07, 6.45) is -9.74. The van der Waals surface area contributed by atoms with Crippen molar-refractivity contribution in [2.45, 2.75) is 31.7 Å². The van der Waals surface area contributed by atoms with Crippen molar-refractivity contribution in [3.8, 4) is 11.4 Å². The summed E-state index contributed by atoms with van der Waals surface area (Å²) in [5, 5.41) is 8.46. The number of nitrogens with zero attached hydrogens (tertiary/aromatic N) is 2. The molecule has 0 spiro atoms. The number of rotatable bonds is 7. The number of hydrogen-bond acceptors (Lipinski definition) is 5. The van der Waals surface area contributed by atoms with Crippen LogP contribution in [0.4, 0.5) is 37.8 Å². The molecule has 0 atom stereocenters. The van der Waals surface area contributed by atoms with Crippen LogP contribution in [0.3, 0.4) is 0 Å². The largest absolute Gasteiger partial charge is 0.416 e. The minimum absolute atomic E-state index is 0.00808. The van der Waals surface area contributed by atoms with Gasteiger partial charge in [0.1, 0.15) is 11.2 Å². The molecule has 0 bridgehead atoms. The molecule has 0 unspecified atom stereocenters. The average Bonchev–Trinajstić information content (AvgIpc) is 3.78. The molecule has 3 aromatic carbocycles. The Labute approximate surface area is 245 Å². The maximum atomic E-state index is 13.3. The van der Waals surface area contributed by atoms with Crippen LogP contribution in [0.1, 0.15) is 34.3 Å². The molecule has 224 valence electrons. The van der Waals surface area contributed by atoms with Gasteiger partial charge in [-0.15, -0.1) is 0 Å². The second kappa shape index (κ2) is 11.0. The van der Waals surface area contributed by atoms with Crippen LogP contribution in [-0.4, -0.2) is 35.0 Å². The monoisotopic (exact) mass is 621 g/mol. The summed E-state index contributed by atoms with van der Waals surface area (Å²) in [5.74, 6) is -1.38. The highest BCUT2D eigenvalue weighted by atomic mass is 35.5. The lowest BCUT2D eigenvalue weighted by Gasteiger charge is -2.18. The number of halogens is 7. The van der Waals surface area contributed by atoms with Crippen molar-refractivity contribution in [3.05, 3.63) is 82.4 Å². The standard InChI is InChI=1S/C29H22ClF6N5O2/c1-37-24-19-7-6-18(13-22(19)40-23(41-24)16-3-2-4-17(12-16)28(31,32)33)39-25(42)20-11-15(5-8-21(20)30)14-38-26(43)27(9-10-27)29(34,35)36/h2-8,11-13H,9-10,14H2,1H3,(H,38,43)(H,39,42)(H,37,40,41). The predicted molar refractivity (Wildman–Crippen MR) is 148 cm³/mol. The number of benzene rings is 3. The molecule has 1 saturated carbocycles. The Kier molecular flexibility index (Phi) is 7.71. The molecule has 1 aliphatic carbocycles. The summed E-state index contributed by atoms with van der Waals surface area (Å²) in [5.41, 5.74) is -2.11. The molecule has 0 saturated heterocycles. The Bertz CT molecular complexity index is 1740. The third kappa shape index (κ3) is 6.07. The van der Waals surface area contributed by atoms with Crippen molar-refractivity contribution in [2.24, 2.45) is 5.41 Å². The SMILES string of the molecule is CNc1nc(-c2cccc(C(F)(F)F)c2)nc2cc(NC(=O)c3cc(CNC(=O)C4(C(F)(F)F)CC4)ccc3Cl)ccc12. The summed E-state index contributed by atoms with van der Waals surface area (Å²) in [4.78, 5) is 34.1. The molecule has 0 radical (unpaired) electrons. The number of carbonyl (C=O) groups is 2. The number of aromatic nitrogens is 2. The third-order valence-corrected chi connectivity index (χ3v) is 7.43. The predicted octanol–water partition coefficient (Wildman–Crippen LogP) is 7.22. The molecule has 4 aromatic rings. The first kappa shape index (κ1) is 30.1. The number of fused-ring (bicyclic) bond motifs is 1. The zero-order chi connectivity index (χ0) is 31.2. The van der Waals surface area contributed by atoms with Gasteiger partial charge in [-0.3, -0.25) is 9.59 Å². The Hall–Kier alpha value is -4.39. The topological polar surface area (TPSA) is 96.0 Å². The van der Waals surface area contributed by atoms with Gasteiger partial charge in [0.2, 0.25) is 5.91 Å². The highest BCUT2D eigenvalue weighted by Crippen LogP contribution is 2.57. The van der Waals surface area contributed by atoms with Crippen molar-refractivity contribution in [1.82, 2.24) is 15.3 Å². The normalized spacial score (nSPS) is 14.3. The van der Waals surface area contributed by atoms with E-state index in [4.69, 9.17) is 11.6 Å². The van der Waals surface area contributed by atoms with E-state index in [9.17, 15) is 35.9 Å². The lowest BCUT2D eigenvalue weighted by molar-refractivity contribution is -0.192. The lowest BCUT2D eigenvalue weighted by atomic mass is 10.1. The van der Waals surface area contributed by atoms with Gasteiger partial charge in [0.15, 0.2) is 5.82 Å². The molecule has 1 aliphatic rings. The maximum Gasteiger partial charge on any atom is 0.416 e. The number of alkyl halides is 6. The van der Waals surface area contributed by atoms with Gasteiger partial charge in [-0.1, -0.05) is 29.8 Å². The second-order valence-electron chi connectivity index (χ2n) is 9.99. The molecule has 3 N–H and O–H groups in total. The van der Waals surface area contributed by atoms with Gasteiger partial charge >= 0.3 is 12.4 Å². The van der Waals surface area contributed by atoms with Gasteiger partial charge in [-0.2, -0.15) is 26.3 Å². The number of amides is 2. The van der Waals surface area contributed by atoms with E-state index in [1.807, 2.05) is 0 Å². The first-order valence-corrected chi connectivity index (χ1v) is 13.2. The van der Waals surface area contributed by atoms with E-state index >= 15 is 0 Å². The molecule has 7 nitrogen and oxygen atoms in total.